The number of hydrogen-bond donors (Lipinski definition) is 5. The Kier molecular flexibility index (Phi) is 8.34. The van der Waals surface area contributed by atoms with Gasteiger partial charge in [0.1, 0.15) is 24.7 Å². The van der Waals surface area contributed by atoms with Crippen LogP contribution in [0.15, 0.2) is 18.9 Å². The van der Waals surface area contributed by atoms with Gasteiger partial charge in [0, 0.05) is 31.8 Å². The molecule has 1 amide bonds. The first-order chi connectivity index (χ1) is 18.2. The Hall–Kier alpha value is -3.88. The molecular formula is C24H31N7O7. The Morgan fingerprint density at radius 1 is 1.26 bits per heavy atom. The minimum Gasteiger partial charge on any atom is -0.480 e. The van der Waals surface area contributed by atoms with Gasteiger partial charge in [0.25, 0.3) is 0 Å². The molecule has 3 aromatic heterocycles. The molecule has 1 aliphatic heterocycles. The molecule has 1 saturated heterocycles. The van der Waals surface area contributed by atoms with Crippen LogP contribution in [-0.4, -0.2) is 88.8 Å². The van der Waals surface area contributed by atoms with E-state index in [2.05, 4.69) is 25.6 Å². The van der Waals surface area contributed by atoms with E-state index in [9.17, 15) is 29.7 Å². The quantitative estimate of drug-likeness (QED) is 0.120. The molecule has 38 heavy (non-hydrogen) atoms. The molecule has 3 aromatic rings. The Labute approximate surface area is 217 Å². The van der Waals surface area contributed by atoms with Gasteiger partial charge in [0.05, 0.1) is 30.3 Å². The molecule has 0 aliphatic carbocycles. The summed E-state index contributed by atoms with van der Waals surface area (Å²) in [5, 5.41) is 34.1. The maximum Gasteiger partial charge on any atom is 0.326 e. The number of ether oxygens (including phenoxy) is 1. The van der Waals surface area contributed by atoms with Crippen molar-refractivity contribution < 1.29 is 34.4 Å². The predicted molar refractivity (Wildman–Crippen MR) is 134 cm³/mol. The number of aldehydes is 1. The minimum atomic E-state index is -1.07. The molecule has 0 radical (unpaired) electrons. The topological polar surface area (TPSA) is 193 Å². The average molecular weight is 530 g/mol. The zero-order valence-corrected chi connectivity index (χ0v) is 21.1. The van der Waals surface area contributed by atoms with Crippen LogP contribution in [0.4, 0.5) is 0 Å². The number of imidazole rings is 2. The molecular weight excluding hydrogens is 498 g/mol. The van der Waals surface area contributed by atoms with E-state index < -0.39 is 36.4 Å². The Balaban J connectivity index is 1.46. The second-order valence-corrected chi connectivity index (χ2v) is 9.18. The smallest absolute Gasteiger partial charge is 0.326 e. The van der Waals surface area contributed by atoms with Gasteiger partial charge in [0.2, 0.25) is 5.91 Å². The first-order valence-electron chi connectivity index (χ1n) is 12.3. The molecule has 1 aliphatic rings. The van der Waals surface area contributed by atoms with Gasteiger partial charge in [-0.05, 0) is 26.2 Å². The van der Waals surface area contributed by atoms with Crippen LogP contribution in [0.5, 0.6) is 0 Å². The van der Waals surface area contributed by atoms with Crippen molar-refractivity contribution in [1.29, 1.82) is 0 Å². The van der Waals surface area contributed by atoms with E-state index in [4.69, 9.17) is 4.74 Å². The fraction of sp³-hybridized carbons (Fsp3) is 0.500. The molecule has 4 rings (SSSR count). The predicted octanol–water partition coefficient (Wildman–Crippen LogP) is -0.0829. The van der Waals surface area contributed by atoms with Crippen molar-refractivity contribution in [3.05, 3.63) is 30.2 Å². The van der Waals surface area contributed by atoms with Crippen LogP contribution in [0, 0.1) is 6.92 Å². The summed E-state index contributed by atoms with van der Waals surface area (Å²) in [6.07, 6.45) is 5.18. The van der Waals surface area contributed by atoms with Crippen molar-refractivity contribution >= 4 is 40.5 Å². The zero-order chi connectivity index (χ0) is 27.4. The largest absolute Gasteiger partial charge is 0.480 e. The number of allylic oxidation sites excluding steroid dienone is 1. The van der Waals surface area contributed by atoms with Gasteiger partial charge < -0.3 is 30.7 Å². The molecule has 0 saturated carbocycles. The highest BCUT2D eigenvalue weighted by molar-refractivity contribution is 6.07. The molecule has 5 N–H and O–H groups in total. The van der Waals surface area contributed by atoms with Crippen molar-refractivity contribution in [1.82, 2.24) is 34.6 Å². The monoisotopic (exact) mass is 529 g/mol. The highest BCUT2D eigenvalue weighted by Gasteiger charge is 2.35. The Morgan fingerprint density at radius 3 is 2.71 bits per heavy atom. The fourth-order valence-corrected chi connectivity index (χ4v) is 4.53. The van der Waals surface area contributed by atoms with Crippen LogP contribution in [0.1, 0.15) is 50.2 Å². The summed E-state index contributed by atoms with van der Waals surface area (Å²) in [6.45, 7) is 3.29. The van der Waals surface area contributed by atoms with Crippen molar-refractivity contribution in [3.8, 4) is 0 Å². The van der Waals surface area contributed by atoms with E-state index in [1.54, 1.807) is 27.8 Å². The molecule has 0 bridgehead atoms. The first-order valence-corrected chi connectivity index (χ1v) is 12.3. The molecule has 4 heterocycles. The van der Waals surface area contributed by atoms with Crippen molar-refractivity contribution in [2.24, 2.45) is 0 Å². The van der Waals surface area contributed by atoms with E-state index >= 15 is 0 Å². The van der Waals surface area contributed by atoms with Gasteiger partial charge in [-0.2, -0.15) is 0 Å². The number of unbranched alkanes of at least 4 members (excludes halogenated alkanes) is 1. The SMILES string of the molecule is CC(=O)N[C@@H](CCCCN/C=C(\C=O)c1nc2c3ncn([C@H]4C[C@H](O)[C@@H](CO)O4)c3ncn2c1C)C(=O)O. The van der Waals surface area contributed by atoms with Gasteiger partial charge in [0.15, 0.2) is 23.1 Å². The number of aromatic nitrogens is 5. The number of carbonyl (C=O) groups excluding carboxylic acids is 2. The van der Waals surface area contributed by atoms with Gasteiger partial charge in [-0.1, -0.05) is 0 Å². The number of aryl methyl sites for hydroxylation is 1. The van der Waals surface area contributed by atoms with Crippen LogP contribution in [-0.2, 0) is 19.1 Å². The second kappa shape index (κ2) is 11.7. The number of aliphatic hydroxyl groups is 2. The van der Waals surface area contributed by atoms with E-state index in [0.29, 0.717) is 65.9 Å². The lowest BCUT2D eigenvalue weighted by Crippen LogP contribution is -2.39. The second-order valence-electron chi connectivity index (χ2n) is 9.18. The lowest BCUT2D eigenvalue weighted by Gasteiger charge is -2.13. The standard InChI is InChI=1S/C24H31N7O7/c1-13-20(15(9-32)8-25-6-4-3-5-16(24(36)37)28-14(2)34)29-23-21-22(27-12-30(13)23)31(11-26-21)19-7-17(35)18(10-33)38-19/h8-9,11-12,16-19,25,33,35H,3-7,10H2,1-2H3,(H,28,34)(H,36,37)/b15-8+/t16-,17-,18+,19+/m0/s1. The highest BCUT2D eigenvalue weighted by Crippen LogP contribution is 2.31. The number of fused-ring (bicyclic) bond motifs is 3. The number of rotatable bonds is 12. The van der Waals surface area contributed by atoms with Crippen molar-refractivity contribution in [3.63, 3.8) is 0 Å². The summed E-state index contributed by atoms with van der Waals surface area (Å²) in [4.78, 5) is 47.8. The Morgan fingerprint density at radius 2 is 2.05 bits per heavy atom. The van der Waals surface area contributed by atoms with Gasteiger partial charge in [-0.25, -0.2) is 19.7 Å². The van der Waals surface area contributed by atoms with Crippen molar-refractivity contribution in [2.75, 3.05) is 13.2 Å². The lowest BCUT2D eigenvalue weighted by molar-refractivity contribution is -0.141. The summed E-state index contributed by atoms with van der Waals surface area (Å²) in [5.74, 6) is -1.47. The van der Waals surface area contributed by atoms with Crippen LogP contribution in [0.3, 0.4) is 0 Å². The van der Waals surface area contributed by atoms with Gasteiger partial charge in [-0.3, -0.25) is 18.6 Å². The third-order valence-corrected chi connectivity index (χ3v) is 6.52. The number of carboxylic acids is 1. The maximum absolute atomic E-state index is 11.9. The van der Waals surface area contributed by atoms with Gasteiger partial charge in [-0.15, -0.1) is 0 Å². The first kappa shape index (κ1) is 27.2. The molecule has 14 nitrogen and oxygen atoms in total. The number of carboxylic acid groups (broad SMARTS) is 1. The molecule has 0 unspecified atom stereocenters. The van der Waals surface area contributed by atoms with E-state index in [0.717, 1.165) is 0 Å². The van der Waals surface area contributed by atoms with Crippen LogP contribution in [0.2, 0.25) is 0 Å². The molecule has 14 heteroatoms. The summed E-state index contributed by atoms with van der Waals surface area (Å²) in [6, 6.07) is -0.926. The van der Waals surface area contributed by atoms with E-state index in [1.807, 2.05) is 6.92 Å². The lowest BCUT2D eigenvalue weighted by atomic mass is 10.1. The minimum absolute atomic E-state index is 0.288. The van der Waals surface area contributed by atoms with Crippen LogP contribution < -0.4 is 10.6 Å². The van der Waals surface area contributed by atoms with Crippen LogP contribution >= 0.6 is 0 Å². The van der Waals surface area contributed by atoms with Crippen molar-refractivity contribution in [2.45, 2.75) is 64.0 Å². The van der Waals surface area contributed by atoms with E-state index in [1.165, 1.54) is 6.92 Å². The number of aliphatic carboxylic acids is 1. The number of aliphatic hydroxyl groups excluding tert-OH is 2. The number of nitrogens with one attached hydrogen (secondary N) is 2. The molecule has 0 aromatic carbocycles. The van der Waals surface area contributed by atoms with Crippen LogP contribution in [0.25, 0.3) is 22.4 Å². The molecule has 0 spiro atoms. The summed E-state index contributed by atoms with van der Waals surface area (Å²) in [5.41, 5.74) is 2.98. The number of carbonyl (C=O) groups is 3. The normalized spacial score (nSPS) is 20.6. The summed E-state index contributed by atoms with van der Waals surface area (Å²) >= 11 is 0. The number of amides is 1. The van der Waals surface area contributed by atoms with E-state index in [-0.39, 0.29) is 13.0 Å². The zero-order valence-electron chi connectivity index (χ0n) is 21.1. The third-order valence-electron chi connectivity index (χ3n) is 6.52. The average Bonchev–Trinajstić information content (AvgIpc) is 3.57. The highest BCUT2D eigenvalue weighted by atomic mass is 16.5. The molecule has 1 fully saturated rings. The number of hydrogen-bond acceptors (Lipinski definition) is 10. The molecule has 204 valence electrons. The third kappa shape index (κ3) is 5.51. The Bertz CT molecular complexity index is 1370. The fourth-order valence-electron chi connectivity index (χ4n) is 4.53. The van der Waals surface area contributed by atoms with Gasteiger partial charge >= 0.3 is 5.97 Å². The molecule has 4 atom stereocenters. The maximum atomic E-state index is 11.9. The summed E-state index contributed by atoms with van der Waals surface area (Å²) in [7, 11) is 0. The number of nitrogens with zero attached hydrogens (tertiary/aromatic N) is 5. The summed E-state index contributed by atoms with van der Waals surface area (Å²) < 4.78 is 9.16.